The molecule has 0 aliphatic rings. The van der Waals surface area contributed by atoms with Gasteiger partial charge < -0.3 is 19.7 Å². The van der Waals surface area contributed by atoms with Gasteiger partial charge in [0, 0.05) is 28.7 Å². The SMILES string of the molecule is CCCC[P+](CCCC)(CCCC)CC(C)OC.CCCC[P+](CCCC)(CCCC)CC(C)OC.[O-]c1ccccc1.[O-]c1ccccc1. The average molecular weight is 737 g/mol. The van der Waals surface area contributed by atoms with Gasteiger partial charge in [-0.25, -0.2) is 0 Å². The Kier molecular flexibility index (Phi) is 35.5. The van der Waals surface area contributed by atoms with E-state index in [1.54, 1.807) is 24.3 Å². The van der Waals surface area contributed by atoms with Gasteiger partial charge in [0.1, 0.15) is 0 Å². The first kappa shape index (κ1) is 50.9. The fourth-order valence-electron chi connectivity index (χ4n) is 6.26. The summed E-state index contributed by atoms with van der Waals surface area (Å²) in [6, 6.07) is 16.7. The lowest BCUT2D eigenvalue weighted by atomic mass is 10.3. The van der Waals surface area contributed by atoms with Gasteiger partial charge in [-0.2, -0.15) is 0 Å². The summed E-state index contributed by atoms with van der Waals surface area (Å²) in [5.74, 6) is 0.144. The van der Waals surface area contributed by atoms with E-state index in [1.807, 2.05) is 26.4 Å². The number of unbranched alkanes of at least 4 members (excludes halogenated alkanes) is 6. The molecular formula is C44H82O4P2. The normalized spacial score (nSPS) is 12.4. The maximum absolute atomic E-state index is 10.3. The largest absolute Gasteiger partial charge is 0.872 e. The third-order valence-electron chi connectivity index (χ3n) is 9.50. The molecule has 2 aromatic carbocycles. The van der Waals surface area contributed by atoms with Gasteiger partial charge in [-0.05, 0) is 52.4 Å². The summed E-state index contributed by atoms with van der Waals surface area (Å²) in [7, 11) is 2.26. The predicted octanol–water partition coefficient (Wildman–Crippen LogP) is 12.4. The molecule has 2 unspecified atom stereocenters. The fraction of sp³-hybridized carbons (Fsp3) is 0.727. The molecule has 0 saturated carbocycles. The molecule has 2 rings (SSSR count). The highest BCUT2D eigenvalue weighted by Gasteiger charge is 2.38. The monoisotopic (exact) mass is 737 g/mol. The van der Waals surface area contributed by atoms with Crippen molar-refractivity contribution < 1.29 is 19.7 Å². The Hall–Kier alpha value is -1.18. The molecule has 0 spiro atoms. The Bertz CT molecular complexity index is 822. The van der Waals surface area contributed by atoms with Crippen LogP contribution in [0.15, 0.2) is 60.7 Å². The van der Waals surface area contributed by atoms with Gasteiger partial charge in [0.05, 0.1) is 61.5 Å². The highest BCUT2D eigenvalue weighted by atomic mass is 31.2. The zero-order valence-electron chi connectivity index (χ0n) is 34.6. The Morgan fingerprint density at radius 3 is 0.800 bits per heavy atom. The van der Waals surface area contributed by atoms with Crippen molar-refractivity contribution in [3.63, 3.8) is 0 Å². The predicted molar refractivity (Wildman–Crippen MR) is 227 cm³/mol. The molecule has 0 aromatic heterocycles. The lowest BCUT2D eigenvalue weighted by molar-refractivity contribution is -0.269. The first-order chi connectivity index (χ1) is 24.1. The molecule has 2 atom stereocenters. The summed E-state index contributed by atoms with van der Waals surface area (Å²) in [6.07, 6.45) is 29.4. The van der Waals surface area contributed by atoms with Crippen molar-refractivity contribution in [2.24, 2.45) is 0 Å². The van der Waals surface area contributed by atoms with Crippen molar-refractivity contribution >= 4 is 14.5 Å². The fourth-order valence-corrected chi connectivity index (χ4v) is 17.1. The van der Waals surface area contributed by atoms with E-state index in [4.69, 9.17) is 9.47 Å². The maximum atomic E-state index is 10.3. The molecule has 0 fully saturated rings. The van der Waals surface area contributed by atoms with Crippen LogP contribution in [-0.4, -0.2) is 75.7 Å². The number of ether oxygens (including phenoxy) is 2. The van der Waals surface area contributed by atoms with Gasteiger partial charge in [0.25, 0.3) is 0 Å². The van der Waals surface area contributed by atoms with E-state index in [-0.39, 0.29) is 11.5 Å². The van der Waals surface area contributed by atoms with Crippen molar-refractivity contribution in [2.45, 2.75) is 145 Å². The molecule has 0 bridgehead atoms. The highest BCUT2D eigenvalue weighted by Crippen LogP contribution is 2.62. The van der Waals surface area contributed by atoms with Gasteiger partial charge in [0.15, 0.2) is 0 Å². The molecule has 0 heterocycles. The first-order valence-electron chi connectivity index (χ1n) is 20.3. The third-order valence-corrected chi connectivity index (χ3v) is 19.7. The summed E-state index contributed by atoms with van der Waals surface area (Å²) in [5.41, 5.74) is 0. The Balaban J connectivity index is 0. The standard InChI is InChI=1S/2C16H36OP.2C6H6O/c2*1-6-9-12-18(13-10-7-2,14-11-8-3)15-16(4)17-5;2*7-6-4-2-1-3-5-6/h2*16H,6-15H2,1-5H3;2*1-5,7H/q2*+1;;/p-2. The topological polar surface area (TPSA) is 64.6 Å². The maximum Gasteiger partial charge on any atom is 0.0877 e. The van der Waals surface area contributed by atoms with Crippen LogP contribution in [0.25, 0.3) is 0 Å². The van der Waals surface area contributed by atoms with Gasteiger partial charge in [-0.1, -0.05) is 141 Å². The lowest BCUT2D eigenvalue weighted by Crippen LogP contribution is -2.21. The van der Waals surface area contributed by atoms with Crippen LogP contribution in [0.4, 0.5) is 0 Å². The third kappa shape index (κ3) is 28.4. The second kappa shape index (κ2) is 34.9. The molecule has 292 valence electrons. The number of hydrogen-bond acceptors (Lipinski definition) is 4. The molecule has 0 aliphatic carbocycles. The molecule has 0 N–H and O–H groups in total. The molecular weight excluding hydrogens is 654 g/mol. The van der Waals surface area contributed by atoms with E-state index >= 15 is 0 Å². The van der Waals surface area contributed by atoms with Gasteiger partial charge in [0.2, 0.25) is 0 Å². The molecule has 2 aromatic rings. The van der Waals surface area contributed by atoms with E-state index < -0.39 is 14.5 Å². The molecule has 0 saturated heterocycles. The van der Waals surface area contributed by atoms with E-state index in [0.29, 0.717) is 12.2 Å². The minimum atomic E-state index is -0.743. The van der Waals surface area contributed by atoms with Crippen LogP contribution in [0.1, 0.15) is 132 Å². The summed E-state index contributed by atoms with van der Waals surface area (Å²) >= 11 is 0. The van der Waals surface area contributed by atoms with Gasteiger partial charge in [-0.15, -0.1) is 11.5 Å². The van der Waals surface area contributed by atoms with Crippen LogP contribution in [0.3, 0.4) is 0 Å². The molecule has 6 heteroatoms. The van der Waals surface area contributed by atoms with Crippen LogP contribution in [0.2, 0.25) is 0 Å². The number of rotatable bonds is 24. The van der Waals surface area contributed by atoms with Gasteiger partial charge >= 0.3 is 0 Å². The number of para-hydroxylation sites is 2. The smallest absolute Gasteiger partial charge is 0.0877 e. The van der Waals surface area contributed by atoms with Crippen LogP contribution >= 0.6 is 14.5 Å². The van der Waals surface area contributed by atoms with Crippen molar-refractivity contribution in [1.29, 1.82) is 0 Å². The molecule has 0 amide bonds. The quantitative estimate of drug-likeness (QED) is 0.101. The Morgan fingerprint density at radius 2 is 0.660 bits per heavy atom. The van der Waals surface area contributed by atoms with E-state index in [2.05, 4.69) is 55.4 Å². The summed E-state index contributed by atoms with van der Waals surface area (Å²) in [4.78, 5) is 0. The first-order valence-corrected chi connectivity index (χ1v) is 25.3. The second-order valence-corrected chi connectivity index (χ2v) is 23.0. The molecule has 4 nitrogen and oxygen atoms in total. The number of methoxy groups -OCH3 is 2. The molecule has 0 radical (unpaired) electrons. The Morgan fingerprint density at radius 1 is 0.440 bits per heavy atom. The van der Waals surface area contributed by atoms with E-state index in [1.165, 1.54) is 151 Å². The average Bonchev–Trinajstić information content (AvgIpc) is 3.14. The van der Waals surface area contributed by atoms with Crippen molar-refractivity contribution in [1.82, 2.24) is 0 Å². The molecule has 0 aliphatic heterocycles. The minimum absolute atomic E-state index is 0.0718. The van der Waals surface area contributed by atoms with E-state index in [9.17, 15) is 10.2 Å². The highest BCUT2D eigenvalue weighted by molar-refractivity contribution is 7.76. The number of hydrogen-bond donors (Lipinski definition) is 0. The van der Waals surface area contributed by atoms with Gasteiger partial charge in [-0.3, -0.25) is 0 Å². The zero-order valence-corrected chi connectivity index (χ0v) is 36.4. The van der Waals surface area contributed by atoms with Crippen molar-refractivity contribution in [3.8, 4) is 11.5 Å². The van der Waals surface area contributed by atoms with Crippen LogP contribution < -0.4 is 10.2 Å². The minimum Gasteiger partial charge on any atom is -0.872 e. The number of benzene rings is 2. The van der Waals surface area contributed by atoms with Crippen LogP contribution in [-0.2, 0) is 9.47 Å². The second-order valence-electron chi connectivity index (χ2n) is 14.2. The van der Waals surface area contributed by atoms with Crippen LogP contribution in [0, 0.1) is 0 Å². The van der Waals surface area contributed by atoms with Crippen molar-refractivity contribution in [3.05, 3.63) is 60.7 Å². The summed E-state index contributed by atoms with van der Waals surface area (Å²) < 4.78 is 11.1. The lowest BCUT2D eigenvalue weighted by Gasteiger charge is -2.30. The summed E-state index contributed by atoms with van der Waals surface area (Å²) in [6.45, 7) is 18.5. The Labute approximate surface area is 313 Å². The zero-order chi connectivity index (χ0) is 37.9. The molecule has 50 heavy (non-hydrogen) atoms. The van der Waals surface area contributed by atoms with Crippen LogP contribution in [0.5, 0.6) is 11.5 Å². The summed E-state index contributed by atoms with van der Waals surface area (Å²) in [5, 5.41) is 20.5. The van der Waals surface area contributed by atoms with E-state index in [0.717, 1.165) is 0 Å². The van der Waals surface area contributed by atoms with Crippen molar-refractivity contribution in [2.75, 3.05) is 63.5 Å².